The maximum Gasteiger partial charge on any atom is 0.317 e. The minimum absolute atomic E-state index is 0.122. The van der Waals surface area contributed by atoms with Crippen LogP contribution in [0, 0.1) is 5.92 Å². The van der Waals surface area contributed by atoms with Gasteiger partial charge in [0.25, 0.3) is 0 Å². The normalized spacial score (nSPS) is 16.3. The molecule has 2 amide bonds. The molecule has 128 valence electrons. The predicted octanol–water partition coefficient (Wildman–Crippen LogP) is 1.71. The lowest BCUT2D eigenvalue weighted by Crippen LogP contribution is -2.46. The van der Waals surface area contributed by atoms with Crippen molar-refractivity contribution < 1.29 is 9.90 Å². The number of likely N-dealkylation sites (N-methyl/N-ethyl adjacent to an activating group) is 1. The summed E-state index contributed by atoms with van der Waals surface area (Å²) >= 11 is 0. The fourth-order valence-corrected chi connectivity index (χ4v) is 2.97. The van der Waals surface area contributed by atoms with E-state index in [1.54, 1.807) is 20.9 Å². The van der Waals surface area contributed by atoms with Gasteiger partial charge in [0.2, 0.25) is 0 Å². The van der Waals surface area contributed by atoms with E-state index in [0.29, 0.717) is 19.0 Å². The van der Waals surface area contributed by atoms with Crippen molar-refractivity contribution in [3.05, 3.63) is 24.5 Å². The highest BCUT2D eigenvalue weighted by Gasteiger charge is 2.22. The minimum Gasteiger partial charge on any atom is -0.389 e. The number of urea groups is 1. The van der Waals surface area contributed by atoms with Gasteiger partial charge in [0.05, 0.1) is 12.1 Å². The zero-order valence-corrected chi connectivity index (χ0v) is 14.3. The van der Waals surface area contributed by atoms with E-state index in [1.807, 2.05) is 24.5 Å². The lowest BCUT2D eigenvalue weighted by molar-refractivity contribution is 0.0530. The molecule has 0 saturated carbocycles. The second-order valence-corrected chi connectivity index (χ2v) is 6.99. The van der Waals surface area contributed by atoms with Crippen LogP contribution in [-0.4, -0.2) is 59.8 Å². The van der Waals surface area contributed by atoms with E-state index in [0.717, 1.165) is 25.9 Å². The average molecular weight is 320 g/mol. The number of aliphatic hydroxyl groups is 1. The molecule has 0 radical (unpaired) electrons. The second kappa shape index (κ2) is 7.64. The molecule has 1 aliphatic heterocycles. The van der Waals surface area contributed by atoms with Gasteiger partial charge in [-0.05, 0) is 44.7 Å². The van der Waals surface area contributed by atoms with Gasteiger partial charge in [0.1, 0.15) is 0 Å². The maximum atomic E-state index is 12.0. The molecule has 1 fully saturated rings. The molecule has 0 aliphatic carbocycles. The van der Waals surface area contributed by atoms with Crippen LogP contribution in [0.1, 0.15) is 26.7 Å². The number of nitrogens with one attached hydrogen (secondary N) is 1. The summed E-state index contributed by atoms with van der Waals surface area (Å²) in [5.74, 6) is 0.507. The van der Waals surface area contributed by atoms with Crippen LogP contribution < -0.4 is 10.2 Å². The summed E-state index contributed by atoms with van der Waals surface area (Å²) in [6, 6.07) is 3.95. The number of hydrogen-bond donors (Lipinski definition) is 2. The van der Waals surface area contributed by atoms with E-state index < -0.39 is 5.60 Å². The third-order valence-corrected chi connectivity index (χ3v) is 4.16. The lowest BCUT2D eigenvalue weighted by Gasteiger charge is -2.34. The Hall–Kier alpha value is -1.82. The van der Waals surface area contributed by atoms with E-state index in [9.17, 15) is 9.90 Å². The van der Waals surface area contributed by atoms with E-state index in [4.69, 9.17) is 0 Å². The number of rotatable bonds is 5. The van der Waals surface area contributed by atoms with E-state index in [1.165, 1.54) is 10.6 Å². The first-order chi connectivity index (χ1) is 10.8. The van der Waals surface area contributed by atoms with Crippen molar-refractivity contribution in [3.8, 4) is 0 Å². The van der Waals surface area contributed by atoms with Crippen molar-refractivity contribution in [2.24, 2.45) is 5.92 Å². The van der Waals surface area contributed by atoms with Gasteiger partial charge in [0, 0.05) is 44.8 Å². The Morgan fingerprint density at radius 3 is 2.57 bits per heavy atom. The van der Waals surface area contributed by atoms with Crippen molar-refractivity contribution in [3.63, 3.8) is 0 Å². The second-order valence-electron chi connectivity index (χ2n) is 6.99. The van der Waals surface area contributed by atoms with E-state index in [-0.39, 0.29) is 6.03 Å². The Morgan fingerprint density at radius 2 is 2.00 bits per heavy atom. The van der Waals surface area contributed by atoms with Crippen LogP contribution in [0.5, 0.6) is 0 Å². The molecular weight excluding hydrogens is 292 g/mol. The van der Waals surface area contributed by atoms with Gasteiger partial charge < -0.3 is 20.2 Å². The van der Waals surface area contributed by atoms with Crippen LogP contribution in [0.15, 0.2) is 24.5 Å². The number of piperidine rings is 1. The molecule has 1 saturated heterocycles. The van der Waals surface area contributed by atoms with Gasteiger partial charge in [-0.15, -0.1) is 0 Å². The third kappa shape index (κ3) is 5.71. The van der Waals surface area contributed by atoms with Crippen LogP contribution in [0.3, 0.4) is 0 Å². The average Bonchev–Trinajstić information content (AvgIpc) is 2.52. The molecule has 2 N–H and O–H groups in total. The van der Waals surface area contributed by atoms with Crippen LogP contribution in [0.2, 0.25) is 0 Å². The number of amides is 2. The number of carbonyl (C=O) groups is 1. The largest absolute Gasteiger partial charge is 0.389 e. The highest BCUT2D eigenvalue weighted by Crippen LogP contribution is 2.22. The molecule has 6 nitrogen and oxygen atoms in total. The van der Waals surface area contributed by atoms with Crippen LogP contribution in [0.25, 0.3) is 0 Å². The molecule has 0 aromatic carbocycles. The van der Waals surface area contributed by atoms with Crippen molar-refractivity contribution >= 4 is 11.7 Å². The number of anilines is 1. The zero-order chi connectivity index (χ0) is 16.9. The third-order valence-electron chi connectivity index (χ3n) is 4.16. The molecule has 2 rings (SSSR count). The molecule has 1 aromatic rings. The first-order valence-electron chi connectivity index (χ1n) is 8.21. The van der Waals surface area contributed by atoms with Crippen LogP contribution in [0.4, 0.5) is 10.5 Å². The van der Waals surface area contributed by atoms with Gasteiger partial charge in [-0.3, -0.25) is 4.98 Å². The molecule has 23 heavy (non-hydrogen) atoms. The summed E-state index contributed by atoms with van der Waals surface area (Å²) in [7, 11) is 1.71. The van der Waals surface area contributed by atoms with Crippen molar-refractivity contribution in [1.82, 2.24) is 15.2 Å². The molecule has 0 bridgehead atoms. The highest BCUT2D eigenvalue weighted by molar-refractivity contribution is 5.73. The van der Waals surface area contributed by atoms with Gasteiger partial charge in [0.15, 0.2) is 0 Å². The first kappa shape index (κ1) is 17.5. The van der Waals surface area contributed by atoms with Crippen molar-refractivity contribution in [1.29, 1.82) is 0 Å². The van der Waals surface area contributed by atoms with Crippen LogP contribution >= 0.6 is 0 Å². The Labute approximate surface area is 138 Å². The smallest absolute Gasteiger partial charge is 0.317 e. The molecule has 0 atom stereocenters. The maximum absolute atomic E-state index is 12.0. The summed E-state index contributed by atoms with van der Waals surface area (Å²) in [6.07, 6.45) is 5.77. The molecule has 2 heterocycles. The highest BCUT2D eigenvalue weighted by atomic mass is 16.3. The fourth-order valence-electron chi connectivity index (χ4n) is 2.97. The van der Waals surface area contributed by atoms with Gasteiger partial charge in [-0.25, -0.2) is 4.79 Å². The van der Waals surface area contributed by atoms with Crippen molar-refractivity contribution in [2.45, 2.75) is 32.3 Å². The Balaban J connectivity index is 1.71. The number of hydrogen-bond acceptors (Lipinski definition) is 4. The van der Waals surface area contributed by atoms with E-state index >= 15 is 0 Å². The lowest BCUT2D eigenvalue weighted by atomic mass is 9.96. The van der Waals surface area contributed by atoms with Crippen LogP contribution in [-0.2, 0) is 0 Å². The fraction of sp³-hybridized carbons (Fsp3) is 0.647. The molecule has 0 unspecified atom stereocenters. The Bertz CT molecular complexity index is 493. The van der Waals surface area contributed by atoms with E-state index in [2.05, 4.69) is 15.2 Å². The summed E-state index contributed by atoms with van der Waals surface area (Å²) in [5.41, 5.74) is 0.342. The van der Waals surface area contributed by atoms with Gasteiger partial charge in [-0.1, -0.05) is 0 Å². The number of aromatic nitrogens is 1. The Kier molecular flexibility index (Phi) is 5.82. The zero-order valence-electron chi connectivity index (χ0n) is 14.3. The monoisotopic (exact) mass is 320 g/mol. The summed E-state index contributed by atoms with van der Waals surface area (Å²) in [5, 5.41) is 12.7. The Morgan fingerprint density at radius 1 is 1.39 bits per heavy atom. The van der Waals surface area contributed by atoms with Crippen molar-refractivity contribution in [2.75, 3.05) is 38.1 Å². The first-order valence-corrected chi connectivity index (χ1v) is 8.21. The quantitative estimate of drug-likeness (QED) is 0.866. The minimum atomic E-state index is -0.873. The molecular formula is C17H28N4O2. The molecule has 0 spiro atoms. The molecule has 1 aromatic heterocycles. The summed E-state index contributed by atoms with van der Waals surface area (Å²) in [4.78, 5) is 20.0. The summed E-state index contributed by atoms with van der Waals surface area (Å²) in [6.45, 7) is 6.42. The summed E-state index contributed by atoms with van der Waals surface area (Å²) < 4.78 is 0. The number of carbonyl (C=O) groups excluding carboxylic acids is 1. The molecule has 1 aliphatic rings. The standard InChI is InChI=1S/C17H28N4O2/c1-17(2,23)13-20(3)16(22)19-12-14-6-10-21(11-7-14)15-4-8-18-9-5-15/h4-5,8-9,14,23H,6-7,10-13H2,1-3H3,(H,19,22). The SMILES string of the molecule is CN(CC(C)(C)O)C(=O)NCC1CCN(c2ccncc2)CC1. The molecule has 6 heteroatoms. The topological polar surface area (TPSA) is 68.7 Å². The number of pyridine rings is 1. The number of nitrogens with zero attached hydrogens (tertiary/aromatic N) is 3. The van der Waals surface area contributed by atoms with Gasteiger partial charge in [-0.2, -0.15) is 0 Å². The predicted molar refractivity (Wildman–Crippen MR) is 91.5 cm³/mol. The van der Waals surface area contributed by atoms with Gasteiger partial charge >= 0.3 is 6.03 Å².